The summed E-state index contributed by atoms with van der Waals surface area (Å²) < 4.78 is 55.2. The van der Waals surface area contributed by atoms with Gasteiger partial charge in [0.1, 0.15) is 22.7 Å². The number of methoxy groups -OCH3 is 3. The monoisotopic (exact) mass is 603 g/mol. The van der Waals surface area contributed by atoms with Gasteiger partial charge in [0.05, 0.1) is 45.3 Å². The standard InChI is InChI=1S/C29H32F3N5O4S/c1-37(26-21-11-20(12-29(30,31)32)42-28(21)36-15-35-26)22-9-19(10-23(22)38)33-13-17-6-5-16(7-24(17)39-2)18-8-25(40-3)27(41-4)34-14-18/h5-8,11,14-15,19,22-23,33,38H,9-10,12-13H2,1-4H3. The quantitative estimate of drug-likeness (QED) is 0.259. The van der Waals surface area contributed by atoms with Crippen LogP contribution in [0, 0.1) is 0 Å². The van der Waals surface area contributed by atoms with E-state index in [0.717, 1.165) is 28.0 Å². The summed E-state index contributed by atoms with van der Waals surface area (Å²) in [6.45, 7) is 0.518. The molecule has 1 aliphatic carbocycles. The number of ether oxygens (including phenoxy) is 3. The Morgan fingerprint density at radius 3 is 2.48 bits per heavy atom. The number of aliphatic hydroxyl groups is 1. The van der Waals surface area contributed by atoms with Crippen LogP contribution in [0.4, 0.5) is 19.0 Å². The first-order valence-corrected chi connectivity index (χ1v) is 14.1. The molecule has 4 aromatic rings. The molecule has 0 spiro atoms. The van der Waals surface area contributed by atoms with Gasteiger partial charge in [-0.3, -0.25) is 0 Å². The van der Waals surface area contributed by atoms with Crippen molar-refractivity contribution in [2.45, 2.75) is 50.2 Å². The number of alkyl halides is 3. The number of nitrogens with one attached hydrogen (secondary N) is 1. The van der Waals surface area contributed by atoms with Gasteiger partial charge in [-0.05, 0) is 36.6 Å². The second kappa shape index (κ2) is 12.3. The fourth-order valence-corrected chi connectivity index (χ4v) is 6.43. The first-order valence-electron chi connectivity index (χ1n) is 13.3. The number of fused-ring (bicyclic) bond motifs is 1. The maximum absolute atomic E-state index is 13.0. The fraction of sp³-hybridized carbons (Fsp3) is 0.414. The van der Waals surface area contributed by atoms with Gasteiger partial charge in [-0.25, -0.2) is 15.0 Å². The van der Waals surface area contributed by atoms with Crippen molar-refractivity contribution in [2.24, 2.45) is 0 Å². The predicted molar refractivity (Wildman–Crippen MR) is 155 cm³/mol. The van der Waals surface area contributed by atoms with Crippen molar-refractivity contribution in [3.05, 3.63) is 53.3 Å². The lowest BCUT2D eigenvalue weighted by Gasteiger charge is -2.28. The Morgan fingerprint density at radius 2 is 1.76 bits per heavy atom. The summed E-state index contributed by atoms with van der Waals surface area (Å²) in [4.78, 5) is 15.4. The number of thiophene rings is 1. The number of rotatable bonds is 10. The van der Waals surface area contributed by atoms with Crippen LogP contribution in [0.25, 0.3) is 21.3 Å². The van der Waals surface area contributed by atoms with Crippen LogP contribution >= 0.6 is 11.3 Å². The number of pyridine rings is 1. The van der Waals surface area contributed by atoms with Crippen LogP contribution in [0.15, 0.2) is 42.9 Å². The summed E-state index contributed by atoms with van der Waals surface area (Å²) in [6.07, 6.45) is -1.75. The normalized spacial score (nSPS) is 18.8. The molecule has 3 aromatic heterocycles. The minimum absolute atomic E-state index is 0.00692. The van der Waals surface area contributed by atoms with Gasteiger partial charge in [0.15, 0.2) is 5.75 Å². The van der Waals surface area contributed by atoms with Crippen molar-refractivity contribution in [1.29, 1.82) is 0 Å². The van der Waals surface area contributed by atoms with E-state index in [9.17, 15) is 18.3 Å². The van der Waals surface area contributed by atoms with Crippen molar-refractivity contribution < 1.29 is 32.5 Å². The van der Waals surface area contributed by atoms with E-state index in [2.05, 4.69) is 20.3 Å². The van der Waals surface area contributed by atoms with E-state index in [0.29, 0.717) is 52.8 Å². The van der Waals surface area contributed by atoms with E-state index in [1.165, 1.54) is 19.5 Å². The van der Waals surface area contributed by atoms with Gasteiger partial charge in [0.25, 0.3) is 5.88 Å². The number of anilines is 1. The third-order valence-corrected chi connectivity index (χ3v) is 8.54. The zero-order chi connectivity index (χ0) is 30.0. The Hall–Kier alpha value is -3.68. The van der Waals surface area contributed by atoms with Gasteiger partial charge < -0.3 is 29.5 Å². The van der Waals surface area contributed by atoms with Crippen molar-refractivity contribution in [3.8, 4) is 28.5 Å². The second-order valence-electron chi connectivity index (χ2n) is 10.2. The SMILES string of the molecule is COc1cc(-c2cnc(OC)c(OC)c2)ccc1CNC1CC(O)C(N(C)c2ncnc3sc(CC(F)(F)F)cc23)C1. The Morgan fingerprint density at radius 1 is 1.00 bits per heavy atom. The maximum atomic E-state index is 13.0. The molecule has 0 aliphatic heterocycles. The topological polar surface area (TPSA) is 102 Å². The lowest BCUT2D eigenvalue weighted by Crippen LogP contribution is -2.38. The smallest absolute Gasteiger partial charge is 0.393 e. The Balaban J connectivity index is 1.27. The molecular formula is C29H32F3N5O4S. The predicted octanol–water partition coefficient (Wildman–Crippen LogP) is 5.00. The van der Waals surface area contributed by atoms with E-state index in [4.69, 9.17) is 14.2 Å². The largest absolute Gasteiger partial charge is 0.496 e. The molecule has 0 bridgehead atoms. The number of aromatic nitrogens is 3. The number of likely N-dealkylation sites (N-methyl/N-ethyl adjacent to an activating group) is 1. The fourth-order valence-electron chi connectivity index (χ4n) is 5.41. The summed E-state index contributed by atoms with van der Waals surface area (Å²) >= 11 is 1.01. The van der Waals surface area contributed by atoms with Gasteiger partial charge in [-0.15, -0.1) is 11.3 Å². The van der Waals surface area contributed by atoms with E-state index < -0.39 is 18.7 Å². The lowest BCUT2D eigenvalue weighted by atomic mass is 10.0. The number of nitrogens with zero attached hydrogens (tertiary/aromatic N) is 4. The van der Waals surface area contributed by atoms with Crippen LogP contribution in [0.5, 0.6) is 17.4 Å². The highest BCUT2D eigenvalue weighted by molar-refractivity contribution is 7.18. The number of halogens is 3. The molecule has 0 amide bonds. The molecule has 42 heavy (non-hydrogen) atoms. The molecule has 5 rings (SSSR count). The number of hydrogen-bond acceptors (Lipinski definition) is 10. The summed E-state index contributed by atoms with van der Waals surface area (Å²) in [6, 6.07) is 9.00. The number of hydrogen-bond donors (Lipinski definition) is 2. The molecule has 1 saturated carbocycles. The Labute approximate surface area is 245 Å². The molecule has 1 aliphatic rings. The van der Waals surface area contributed by atoms with Crippen LogP contribution in [0.2, 0.25) is 0 Å². The first kappa shape index (κ1) is 29.8. The molecule has 1 aromatic carbocycles. The van der Waals surface area contributed by atoms with Crippen LogP contribution in [-0.2, 0) is 13.0 Å². The average molecular weight is 604 g/mol. The van der Waals surface area contributed by atoms with Crippen molar-refractivity contribution in [1.82, 2.24) is 20.3 Å². The van der Waals surface area contributed by atoms with Crippen LogP contribution in [-0.4, -0.2) is 72.8 Å². The van der Waals surface area contributed by atoms with Crippen molar-refractivity contribution >= 4 is 27.4 Å². The molecule has 3 atom stereocenters. The molecule has 0 saturated heterocycles. The molecule has 3 heterocycles. The maximum Gasteiger partial charge on any atom is 0.393 e. The minimum Gasteiger partial charge on any atom is -0.496 e. The van der Waals surface area contributed by atoms with Gasteiger partial charge >= 0.3 is 6.18 Å². The van der Waals surface area contributed by atoms with Crippen LogP contribution < -0.4 is 24.4 Å². The van der Waals surface area contributed by atoms with E-state index in [1.807, 2.05) is 36.2 Å². The molecule has 224 valence electrons. The second-order valence-corrected chi connectivity index (χ2v) is 11.3. The molecule has 0 radical (unpaired) electrons. The summed E-state index contributed by atoms with van der Waals surface area (Å²) in [5, 5.41) is 15.0. The third-order valence-electron chi connectivity index (χ3n) is 7.49. The molecule has 9 nitrogen and oxygen atoms in total. The van der Waals surface area contributed by atoms with Gasteiger partial charge in [0.2, 0.25) is 0 Å². The van der Waals surface area contributed by atoms with Crippen molar-refractivity contribution in [3.63, 3.8) is 0 Å². The Kier molecular flexibility index (Phi) is 8.71. The summed E-state index contributed by atoms with van der Waals surface area (Å²) in [5.74, 6) is 2.15. The van der Waals surface area contributed by atoms with Crippen LogP contribution in [0.3, 0.4) is 0 Å². The molecule has 2 N–H and O–H groups in total. The van der Waals surface area contributed by atoms with E-state index >= 15 is 0 Å². The highest BCUT2D eigenvalue weighted by Gasteiger charge is 2.37. The number of benzene rings is 1. The highest BCUT2D eigenvalue weighted by atomic mass is 32.1. The first-order chi connectivity index (χ1) is 20.1. The average Bonchev–Trinajstić information content (AvgIpc) is 3.56. The zero-order valence-corrected chi connectivity index (χ0v) is 24.4. The lowest BCUT2D eigenvalue weighted by molar-refractivity contribution is -0.126. The van der Waals surface area contributed by atoms with E-state index in [-0.39, 0.29) is 17.0 Å². The molecule has 1 fully saturated rings. The molecule has 13 heteroatoms. The molecule has 3 unspecified atom stereocenters. The molecular weight excluding hydrogens is 571 g/mol. The summed E-state index contributed by atoms with van der Waals surface area (Å²) in [5.41, 5.74) is 2.71. The zero-order valence-electron chi connectivity index (χ0n) is 23.6. The van der Waals surface area contributed by atoms with E-state index in [1.54, 1.807) is 20.4 Å². The third kappa shape index (κ3) is 6.37. The van der Waals surface area contributed by atoms with Gasteiger partial charge in [0, 0.05) is 41.8 Å². The van der Waals surface area contributed by atoms with Gasteiger partial charge in [-0.1, -0.05) is 12.1 Å². The van der Waals surface area contributed by atoms with Gasteiger partial charge in [-0.2, -0.15) is 13.2 Å². The van der Waals surface area contributed by atoms with Crippen LogP contribution in [0.1, 0.15) is 23.3 Å². The Bertz CT molecular complexity index is 1550. The minimum atomic E-state index is -4.30. The van der Waals surface area contributed by atoms with Crippen molar-refractivity contribution in [2.75, 3.05) is 33.3 Å². The summed E-state index contributed by atoms with van der Waals surface area (Å²) in [7, 11) is 6.52. The number of aliphatic hydroxyl groups excluding tert-OH is 1. The highest BCUT2D eigenvalue weighted by Crippen LogP contribution is 2.37.